The van der Waals surface area contributed by atoms with E-state index in [9.17, 15) is 0 Å². The monoisotopic (exact) mass is 127 g/mol. The van der Waals surface area contributed by atoms with Crippen LogP contribution in [0.25, 0.3) is 0 Å². The number of hydrogen-bond donors (Lipinski definition) is 1. The third-order valence-corrected chi connectivity index (χ3v) is 2.49. The first-order valence-corrected chi connectivity index (χ1v) is 3.70. The van der Waals surface area contributed by atoms with Gasteiger partial charge in [0.1, 0.15) is 0 Å². The number of ether oxygens (including phenoxy) is 1. The third-order valence-electron chi connectivity index (χ3n) is 2.49. The molecule has 1 aliphatic carbocycles. The van der Waals surface area contributed by atoms with Gasteiger partial charge in [0.15, 0.2) is 0 Å². The topological polar surface area (TPSA) is 38.5 Å². The Labute approximate surface area is 55.4 Å². The van der Waals surface area contributed by atoms with Crippen LogP contribution in [-0.4, -0.2) is 18.2 Å². The molecule has 0 radical (unpaired) electrons. The van der Waals surface area contributed by atoms with E-state index >= 15 is 0 Å². The van der Waals surface area contributed by atoms with Gasteiger partial charge in [-0.25, -0.2) is 0 Å². The van der Waals surface area contributed by atoms with E-state index in [0.29, 0.717) is 11.6 Å². The minimum absolute atomic E-state index is 0.329. The standard InChI is InChI=1S/C7H13NO/c8-6-1-3-7(4-2-6)5-9-7/h6H,1-5,8H2. The van der Waals surface area contributed by atoms with Crippen LogP contribution < -0.4 is 5.73 Å². The zero-order valence-corrected chi connectivity index (χ0v) is 5.60. The maximum absolute atomic E-state index is 5.73. The normalized spacial score (nSPS) is 49.7. The molecule has 52 valence electrons. The Balaban J connectivity index is 1.91. The van der Waals surface area contributed by atoms with Crippen LogP contribution >= 0.6 is 0 Å². The summed E-state index contributed by atoms with van der Waals surface area (Å²) in [7, 11) is 0. The van der Waals surface area contributed by atoms with Gasteiger partial charge < -0.3 is 10.5 Å². The molecule has 2 heteroatoms. The lowest BCUT2D eigenvalue weighted by Gasteiger charge is -2.22. The average molecular weight is 127 g/mol. The Morgan fingerprint density at radius 2 is 1.89 bits per heavy atom. The zero-order chi connectivity index (χ0) is 6.32. The van der Waals surface area contributed by atoms with E-state index in [-0.39, 0.29) is 0 Å². The molecular weight excluding hydrogens is 114 g/mol. The molecule has 0 aromatic heterocycles. The lowest BCUT2D eigenvalue weighted by atomic mass is 9.87. The number of rotatable bonds is 0. The molecule has 1 saturated carbocycles. The lowest BCUT2D eigenvalue weighted by molar-refractivity contribution is 0.224. The van der Waals surface area contributed by atoms with Gasteiger partial charge in [0.25, 0.3) is 0 Å². The van der Waals surface area contributed by atoms with E-state index in [1.54, 1.807) is 0 Å². The lowest BCUT2D eigenvalue weighted by Crippen LogP contribution is -2.30. The van der Waals surface area contributed by atoms with Crippen LogP contribution in [0.3, 0.4) is 0 Å². The summed E-state index contributed by atoms with van der Waals surface area (Å²) >= 11 is 0. The van der Waals surface area contributed by atoms with Crippen molar-refractivity contribution < 1.29 is 4.74 Å². The molecule has 0 bridgehead atoms. The van der Waals surface area contributed by atoms with Crippen molar-refractivity contribution in [1.82, 2.24) is 0 Å². The Kier molecular flexibility index (Phi) is 1.08. The van der Waals surface area contributed by atoms with Crippen molar-refractivity contribution in [3.05, 3.63) is 0 Å². The highest BCUT2D eigenvalue weighted by Crippen LogP contribution is 2.40. The maximum atomic E-state index is 5.73. The molecule has 2 fully saturated rings. The molecule has 2 aliphatic rings. The van der Waals surface area contributed by atoms with Crippen molar-refractivity contribution >= 4 is 0 Å². The van der Waals surface area contributed by atoms with Gasteiger partial charge >= 0.3 is 0 Å². The highest BCUT2D eigenvalue weighted by atomic mass is 16.6. The Morgan fingerprint density at radius 1 is 1.33 bits per heavy atom. The molecule has 2 nitrogen and oxygen atoms in total. The molecule has 1 heterocycles. The summed E-state index contributed by atoms with van der Waals surface area (Å²) in [6, 6.07) is 0.458. The number of hydrogen-bond acceptors (Lipinski definition) is 2. The number of epoxide rings is 1. The van der Waals surface area contributed by atoms with E-state index in [4.69, 9.17) is 10.5 Å². The van der Waals surface area contributed by atoms with E-state index < -0.39 is 0 Å². The minimum atomic E-state index is 0.329. The number of nitrogens with two attached hydrogens (primary N) is 1. The van der Waals surface area contributed by atoms with Crippen LogP contribution in [0, 0.1) is 0 Å². The summed E-state index contributed by atoms with van der Waals surface area (Å²) in [4.78, 5) is 0. The van der Waals surface area contributed by atoms with Gasteiger partial charge in [-0.05, 0) is 25.7 Å². The molecule has 1 saturated heterocycles. The minimum Gasteiger partial charge on any atom is -0.370 e. The third kappa shape index (κ3) is 0.970. The van der Waals surface area contributed by atoms with Crippen molar-refractivity contribution in [2.75, 3.05) is 6.61 Å². The van der Waals surface area contributed by atoms with Gasteiger partial charge in [-0.2, -0.15) is 0 Å². The second-order valence-corrected chi connectivity index (χ2v) is 3.31. The van der Waals surface area contributed by atoms with Gasteiger partial charge in [0.2, 0.25) is 0 Å². The van der Waals surface area contributed by atoms with Crippen molar-refractivity contribution in [3.63, 3.8) is 0 Å². The van der Waals surface area contributed by atoms with Crippen LogP contribution in [0.2, 0.25) is 0 Å². The van der Waals surface area contributed by atoms with Crippen LogP contribution in [0.1, 0.15) is 25.7 Å². The van der Waals surface area contributed by atoms with Crippen molar-refractivity contribution in [2.24, 2.45) is 5.73 Å². The second-order valence-electron chi connectivity index (χ2n) is 3.31. The molecule has 0 unspecified atom stereocenters. The molecule has 0 aromatic rings. The molecule has 2 N–H and O–H groups in total. The Morgan fingerprint density at radius 3 is 2.33 bits per heavy atom. The second kappa shape index (κ2) is 1.70. The van der Waals surface area contributed by atoms with Gasteiger partial charge in [0.05, 0.1) is 12.2 Å². The fourth-order valence-corrected chi connectivity index (χ4v) is 1.56. The highest BCUT2D eigenvalue weighted by Gasteiger charge is 2.46. The average Bonchev–Trinajstić information content (AvgIpc) is 2.60. The van der Waals surface area contributed by atoms with Gasteiger partial charge in [0, 0.05) is 6.04 Å². The zero-order valence-electron chi connectivity index (χ0n) is 5.60. The molecule has 2 rings (SSSR count). The first-order valence-electron chi connectivity index (χ1n) is 3.70. The predicted molar refractivity (Wildman–Crippen MR) is 35.1 cm³/mol. The van der Waals surface area contributed by atoms with Crippen LogP contribution in [0.15, 0.2) is 0 Å². The van der Waals surface area contributed by atoms with E-state index in [2.05, 4.69) is 0 Å². The molecule has 1 spiro atoms. The summed E-state index contributed by atoms with van der Waals surface area (Å²) in [5, 5.41) is 0. The summed E-state index contributed by atoms with van der Waals surface area (Å²) < 4.78 is 5.33. The van der Waals surface area contributed by atoms with Crippen molar-refractivity contribution in [1.29, 1.82) is 0 Å². The molecule has 9 heavy (non-hydrogen) atoms. The SMILES string of the molecule is NC1CCC2(CC1)CO2. The molecule has 0 aromatic carbocycles. The van der Waals surface area contributed by atoms with Gasteiger partial charge in [-0.3, -0.25) is 0 Å². The van der Waals surface area contributed by atoms with E-state index in [0.717, 1.165) is 6.61 Å². The first kappa shape index (κ1) is 5.69. The molecule has 1 aliphatic heterocycles. The Hall–Kier alpha value is -0.0800. The summed E-state index contributed by atoms with van der Waals surface area (Å²) in [5.74, 6) is 0. The van der Waals surface area contributed by atoms with Crippen LogP contribution in [-0.2, 0) is 4.74 Å². The largest absolute Gasteiger partial charge is 0.370 e. The van der Waals surface area contributed by atoms with Gasteiger partial charge in [-0.1, -0.05) is 0 Å². The fourth-order valence-electron chi connectivity index (χ4n) is 1.56. The summed E-state index contributed by atoms with van der Waals surface area (Å²) in [6.07, 6.45) is 4.74. The van der Waals surface area contributed by atoms with Gasteiger partial charge in [-0.15, -0.1) is 0 Å². The van der Waals surface area contributed by atoms with E-state index in [1.165, 1.54) is 25.7 Å². The predicted octanol–water partition coefficient (Wildman–Crippen LogP) is 0.657. The Bertz CT molecular complexity index is 110. The van der Waals surface area contributed by atoms with Crippen molar-refractivity contribution in [3.8, 4) is 0 Å². The fraction of sp³-hybridized carbons (Fsp3) is 1.00. The molecule has 0 atom stereocenters. The highest BCUT2D eigenvalue weighted by molar-refractivity contribution is 4.96. The summed E-state index contributed by atoms with van der Waals surface area (Å²) in [6.45, 7) is 1.000. The van der Waals surface area contributed by atoms with Crippen LogP contribution in [0.4, 0.5) is 0 Å². The van der Waals surface area contributed by atoms with Crippen LogP contribution in [0.5, 0.6) is 0 Å². The van der Waals surface area contributed by atoms with E-state index in [1.807, 2.05) is 0 Å². The smallest absolute Gasteiger partial charge is 0.0917 e. The summed E-state index contributed by atoms with van der Waals surface area (Å²) in [5.41, 5.74) is 6.06. The maximum Gasteiger partial charge on any atom is 0.0917 e. The first-order chi connectivity index (χ1) is 4.31. The quantitative estimate of drug-likeness (QED) is 0.485. The molecular formula is C7H13NO. The van der Waals surface area contributed by atoms with Crippen molar-refractivity contribution in [2.45, 2.75) is 37.3 Å². The molecule has 0 amide bonds.